The van der Waals surface area contributed by atoms with Gasteiger partial charge in [-0.1, -0.05) is 36.4 Å². The second kappa shape index (κ2) is 9.03. The average Bonchev–Trinajstić information content (AvgIpc) is 2.89. The van der Waals surface area contributed by atoms with Crippen LogP contribution in [0, 0.1) is 15.9 Å². The highest BCUT2D eigenvalue weighted by Crippen LogP contribution is 2.30. The van der Waals surface area contributed by atoms with Gasteiger partial charge in [-0.25, -0.2) is 4.39 Å². The van der Waals surface area contributed by atoms with Gasteiger partial charge in [-0.05, 0) is 41.8 Å². The maximum atomic E-state index is 14.0. The molecule has 3 amide bonds. The van der Waals surface area contributed by atoms with Gasteiger partial charge in [0.1, 0.15) is 5.82 Å². The average molecular weight is 483 g/mol. The smallest absolute Gasteiger partial charge is 0.270 e. The molecule has 1 aliphatic rings. The van der Waals surface area contributed by atoms with Crippen molar-refractivity contribution in [2.75, 3.05) is 18.0 Å². The number of benzene rings is 4. The van der Waals surface area contributed by atoms with E-state index in [1.165, 1.54) is 41.3 Å². The van der Waals surface area contributed by atoms with Gasteiger partial charge in [0.2, 0.25) is 0 Å². The van der Waals surface area contributed by atoms with Crippen molar-refractivity contribution in [3.8, 4) is 0 Å². The standard InChI is InChI=1S/C27H18FN3O5/c28-19-8-4-9-20(16-19)29(25(32)18-7-1-10-21(15-18)31(35)36)13-14-30-26(33)22-11-2-5-17-6-3-12-23(24(17)22)27(30)34/h1-12,15-16H,13-14H2. The van der Waals surface area contributed by atoms with Crippen molar-refractivity contribution in [3.63, 3.8) is 0 Å². The number of nitro groups is 1. The minimum absolute atomic E-state index is 0.0138. The first-order chi connectivity index (χ1) is 17.3. The fraction of sp³-hybridized carbons (Fsp3) is 0.0741. The summed E-state index contributed by atoms with van der Waals surface area (Å²) in [5.41, 5.74) is 0.687. The summed E-state index contributed by atoms with van der Waals surface area (Å²) in [5.74, 6) is -2.21. The van der Waals surface area contributed by atoms with E-state index in [0.717, 1.165) is 22.4 Å². The summed E-state index contributed by atoms with van der Waals surface area (Å²) >= 11 is 0. The number of amides is 3. The maximum Gasteiger partial charge on any atom is 0.270 e. The van der Waals surface area contributed by atoms with Gasteiger partial charge in [-0.3, -0.25) is 29.4 Å². The summed E-state index contributed by atoms with van der Waals surface area (Å²) in [4.78, 5) is 52.7. The number of carbonyl (C=O) groups is 3. The third-order valence-corrected chi connectivity index (χ3v) is 6.07. The van der Waals surface area contributed by atoms with E-state index in [0.29, 0.717) is 16.5 Å². The Morgan fingerprint density at radius 3 is 2.17 bits per heavy atom. The Morgan fingerprint density at radius 1 is 0.889 bits per heavy atom. The first-order valence-electron chi connectivity index (χ1n) is 11.0. The Morgan fingerprint density at radius 2 is 1.53 bits per heavy atom. The molecule has 1 heterocycles. The van der Waals surface area contributed by atoms with Crippen LogP contribution in [0.4, 0.5) is 15.8 Å². The molecule has 0 aromatic heterocycles. The number of nitro benzene ring substituents is 1. The third-order valence-electron chi connectivity index (χ3n) is 6.07. The Hall–Kier alpha value is -4.92. The highest BCUT2D eigenvalue weighted by molar-refractivity contribution is 6.25. The van der Waals surface area contributed by atoms with Crippen LogP contribution in [-0.2, 0) is 0 Å². The molecule has 0 radical (unpaired) electrons. The minimum Gasteiger partial charge on any atom is -0.306 e. The normalized spacial score (nSPS) is 12.6. The molecule has 0 bridgehead atoms. The second-order valence-corrected chi connectivity index (χ2v) is 8.22. The Labute approximate surface area is 204 Å². The van der Waals surface area contributed by atoms with Gasteiger partial charge in [0.15, 0.2) is 0 Å². The molecule has 0 aliphatic carbocycles. The zero-order chi connectivity index (χ0) is 25.4. The van der Waals surface area contributed by atoms with E-state index in [1.807, 2.05) is 12.1 Å². The number of anilines is 1. The van der Waals surface area contributed by atoms with Gasteiger partial charge in [0, 0.05) is 53.0 Å². The molecule has 0 saturated carbocycles. The molecule has 0 spiro atoms. The number of hydrogen-bond donors (Lipinski definition) is 0. The van der Waals surface area contributed by atoms with E-state index in [-0.39, 0.29) is 30.0 Å². The van der Waals surface area contributed by atoms with Gasteiger partial charge in [-0.15, -0.1) is 0 Å². The molecule has 0 saturated heterocycles. The molecule has 0 fully saturated rings. The Kier molecular flexibility index (Phi) is 5.73. The van der Waals surface area contributed by atoms with E-state index in [1.54, 1.807) is 24.3 Å². The van der Waals surface area contributed by atoms with E-state index >= 15 is 0 Å². The van der Waals surface area contributed by atoms with Crippen molar-refractivity contribution < 1.29 is 23.7 Å². The molecule has 0 unspecified atom stereocenters. The fourth-order valence-corrected chi connectivity index (χ4v) is 4.38. The summed E-state index contributed by atoms with van der Waals surface area (Å²) in [6.07, 6.45) is 0. The summed E-state index contributed by atoms with van der Waals surface area (Å²) in [5, 5.41) is 12.5. The summed E-state index contributed by atoms with van der Waals surface area (Å²) in [6, 6.07) is 20.9. The topological polar surface area (TPSA) is 101 Å². The van der Waals surface area contributed by atoms with Gasteiger partial charge < -0.3 is 4.90 Å². The molecule has 0 N–H and O–H groups in total. The van der Waals surface area contributed by atoms with Crippen molar-refractivity contribution >= 4 is 39.9 Å². The molecule has 36 heavy (non-hydrogen) atoms. The molecule has 1 aliphatic heterocycles. The van der Waals surface area contributed by atoms with Crippen molar-refractivity contribution in [2.24, 2.45) is 0 Å². The lowest BCUT2D eigenvalue weighted by atomic mass is 9.94. The molecular weight excluding hydrogens is 465 g/mol. The minimum atomic E-state index is -0.635. The number of nitrogens with zero attached hydrogens (tertiary/aromatic N) is 3. The predicted molar refractivity (Wildman–Crippen MR) is 130 cm³/mol. The quantitative estimate of drug-likeness (QED) is 0.222. The van der Waals surface area contributed by atoms with E-state index in [9.17, 15) is 28.9 Å². The lowest BCUT2D eigenvalue weighted by molar-refractivity contribution is -0.384. The molecule has 4 aromatic rings. The lowest BCUT2D eigenvalue weighted by Gasteiger charge is -2.30. The van der Waals surface area contributed by atoms with Crippen LogP contribution in [0.1, 0.15) is 31.1 Å². The summed E-state index contributed by atoms with van der Waals surface area (Å²) in [6.45, 7) is -0.319. The number of carbonyl (C=O) groups excluding carboxylic acids is 3. The van der Waals surface area contributed by atoms with Crippen molar-refractivity contribution in [2.45, 2.75) is 0 Å². The molecular formula is C27H18FN3O5. The summed E-state index contributed by atoms with van der Waals surface area (Å²) < 4.78 is 14.0. The molecule has 9 heteroatoms. The Bertz CT molecular complexity index is 1520. The fourth-order valence-electron chi connectivity index (χ4n) is 4.38. The molecule has 4 aromatic carbocycles. The molecule has 178 valence electrons. The number of rotatable bonds is 6. The van der Waals surface area contributed by atoms with Crippen molar-refractivity contribution in [1.29, 1.82) is 0 Å². The van der Waals surface area contributed by atoms with E-state index in [2.05, 4.69) is 0 Å². The van der Waals surface area contributed by atoms with Crippen LogP contribution in [0.5, 0.6) is 0 Å². The van der Waals surface area contributed by atoms with E-state index in [4.69, 9.17) is 0 Å². The van der Waals surface area contributed by atoms with Crippen LogP contribution in [0.15, 0.2) is 84.9 Å². The molecule has 8 nitrogen and oxygen atoms in total. The monoisotopic (exact) mass is 483 g/mol. The van der Waals surface area contributed by atoms with E-state index < -0.39 is 28.5 Å². The molecule has 0 atom stereocenters. The van der Waals surface area contributed by atoms with Gasteiger partial charge in [-0.2, -0.15) is 0 Å². The van der Waals surface area contributed by atoms with Crippen LogP contribution in [0.25, 0.3) is 10.8 Å². The predicted octanol–water partition coefficient (Wildman–Crippen LogP) is 4.83. The second-order valence-electron chi connectivity index (χ2n) is 8.22. The highest BCUT2D eigenvalue weighted by Gasteiger charge is 2.33. The number of imide groups is 1. The van der Waals surface area contributed by atoms with Gasteiger partial charge >= 0.3 is 0 Å². The lowest BCUT2D eigenvalue weighted by Crippen LogP contribution is -2.46. The van der Waals surface area contributed by atoms with Crippen LogP contribution >= 0.6 is 0 Å². The Balaban J connectivity index is 1.48. The van der Waals surface area contributed by atoms with Crippen molar-refractivity contribution in [3.05, 3.63) is 118 Å². The van der Waals surface area contributed by atoms with Crippen molar-refractivity contribution in [1.82, 2.24) is 4.90 Å². The van der Waals surface area contributed by atoms with Crippen LogP contribution in [-0.4, -0.2) is 40.6 Å². The zero-order valence-electron chi connectivity index (χ0n) is 18.8. The SMILES string of the molecule is O=C1c2cccc3cccc(c23)C(=O)N1CCN(C(=O)c1cccc([N+](=O)[O-])c1)c1cccc(F)c1. The highest BCUT2D eigenvalue weighted by atomic mass is 19.1. The van der Waals surface area contributed by atoms with Crippen LogP contribution in [0.3, 0.4) is 0 Å². The summed E-state index contributed by atoms with van der Waals surface area (Å²) in [7, 11) is 0. The van der Waals surface area contributed by atoms with Gasteiger partial charge in [0.05, 0.1) is 4.92 Å². The number of hydrogen-bond acceptors (Lipinski definition) is 5. The first-order valence-corrected chi connectivity index (χ1v) is 11.0. The van der Waals surface area contributed by atoms with Crippen LogP contribution < -0.4 is 4.90 Å². The third kappa shape index (κ3) is 3.96. The zero-order valence-corrected chi connectivity index (χ0v) is 18.8. The number of non-ortho nitro benzene ring substituents is 1. The first kappa shape index (κ1) is 22.9. The largest absolute Gasteiger partial charge is 0.306 e. The van der Waals surface area contributed by atoms with Crippen LogP contribution in [0.2, 0.25) is 0 Å². The van der Waals surface area contributed by atoms with Gasteiger partial charge in [0.25, 0.3) is 23.4 Å². The molecule has 5 rings (SSSR count). The maximum absolute atomic E-state index is 14.0. The number of halogens is 1.